The maximum atomic E-state index is 8.80. The Hall–Kier alpha value is -0.810. The molecule has 1 fully saturated rings. The van der Waals surface area contributed by atoms with Crippen molar-refractivity contribution < 1.29 is 4.74 Å². The van der Waals surface area contributed by atoms with Crippen LogP contribution in [-0.2, 0) is 4.74 Å². The highest BCUT2D eigenvalue weighted by atomic mass is 16.5. The van der Waals surface area contributed by atoms with Crippen molar-refractivity contribution in [3.63, 3.8) is 0 Å². The zero-order chi connectivity index (χ0) is 8.11. The molecule has 2 aliphatic heterocycles. The van der Waals surface area contributed by atoms with Crippen molar-refractivity contribution in [2.45, 2.75) is 31.5 Å². The molecule has 0 amide bonds. The van der Waals surface area contributed by atoms with Crippen LogP contribution < -0.4 is 0 Å². The van der Waals surface area contributed by atoms with Gasteiger partial charge in [-0.3, -0.25) is 0 Å². The Bertz CT molecular complexity index is 265. The van der Waals surface area contributed by atoms with Crippen LogP contribution in [0.25, 0.3) is 0 Å². The van der Waals surface area contributed by atoms with Gasteiger partial charge in [-0.05, 0) is 20.3 Å². The summed E-state index contributed by atoms with van der Waals surface area (Å²) in [5, 5.41) is 8.80. The van der Waals surface area contributed by atoms with Gasteiger partial charge in [0.2, 0.25) is 0 Å². The third-order valence-corrected chi connectivity index (χ3v) is 2.68. The Kier molecular flexibility index (Phi) is 1.05. The minimum atomic E-state index is -0.302. The zero-order valence-electron chi connectivity index (χ0n) is 6.79. The predicted molar refractivity (Wildman–Crippen MR) is 40.8 cm³/mol. The topological polar surface area (TPSA) is 33.0 Å². The van der Waals surface area contributed by atoms with Gasteiger partial charge in [-0.2, -0.15) is 5.26 Å². The molecular weight excluding hydrogens is 138 g/mol. The first-order valence-corrected chi connectivity index (χ1v) is 3.88. The molecule has 2 heterocycles. The first kappa shape index (κ1) is 6.87. The van der Waals surface area contributed by atoms with Crippen molar-refractivity contribution in [1.82, 2.24) is 0 Å². The molecular formula is C9H11NO. The largest absolute Gasteiger partial charge is 0.360 e. The van der Waals surface area contributed by atoms with E-state index in [9.17, 15) is 0 Å². The summed E-state index contributed by atoms with van der Waals surface area (Å²) < 4.78 is 5.72. The first-order valence-electron chi connectivity index (χ1n) is 3.88. The van der Waals surface area contributed by atoms with E-state index in [2.05, 4.69) is 12.1 Å². The first-order chi connectivity index (χ1) is 5.08. The number of hydrogen-bond acceptors (Lipinski definition) is 2. The van der Waals surface area contributed by atoms with Gasteiger partial charge in [-0.1, -0.05) is 12.2 Å². The van der Waals surface area contributed by atoms with Gasteiger partial charge in [-0.25, -0.2) is 0 Å². The Labute approximate surface area is 66.5 Å². The monoisotopic (exact) mass is 149 g/mol. The van der Waals surface area contributed by atoms with E-state index < -0.39 is 0 Å². The average molecular weight is 149 g/mol. The molecule has 0 aliphatic carbocycles. The van der Waals surface area contributed by atoms with Crippen LogP contribution in [0, 0.1) is 17.2 Å². The highest BCUT2D eigenvalue weighted by Crippen LogP contribution is 2.48. The van der Waals surface area contributed by atoms with Gasteiger partial charge in [0.05, 0.1) is 17.6 Å². The van der Waals surface area contributed by atoms with Gasteiger partial charge in [-0.15, -0.1) is 0 Å². The molecule has 0 radical (unpaired) electrons. The quantitative estimate of drug-likeness (QED) is 0.490. The van der Waals surface area contributed by atoms with Gasteiger partial charge in [0.1, 0.15) is 5.60 Å². The molecule has 11 heavy (non-hydrogen) atoms. The Morgan fingerprint density at radius 2 is 2.27 bits per heavy atom. The van der Waals surface area contributed by atoms with Crippen LogP contribution in [0.2, 0.25) is 0 Å². The molecule has 0 aromatic rings. The maximum absolute atomic E-state index is 8.80. The van der Waals surface area contributed by atoms with Crippen LogP contribution in [-0.4, -0.2) is 11.2 Å². The second kappa shape index (κ2) is 1.67. The van der Waals surface area contributed by atoms with E-state index in [-0.39, 0.29) is 17.1 Å². The van der Waals surface area contributed by atoms with Gasteiger partial charge >= 0.3 is 0 Å². The van der Waals surface area contributed by atoms with E-state index in [4.69, 9.17) is 10.00 Å². The number of fused-ring (bicyclic) bond motifs is 2. The third-order valence-electron chi connectivity index (χ3n) is 2.68. The van der Waals surface area contributed by atoms with Crippen molar-refractivity contribution in [2.24, 2.45) is 5.92 Å². The molecule has 0 spiro atoms. The van der Waals surface area contributed by atoms with E-state index in [0.717, 1.165) is 6.42 Å². The maximum Gasteiger partial charge on any atom is 0.101 e. The smallest absolute Gasteiger partial charge is 0.101 e. The number of rotatable bonds is 0. The van der Waals surface area contributed by atoms with Crippen LogP contribution in [0.3, 0.4) is 0 Å². The normalized spacial score (nSPS) is 53.0. The molecule has 2 aliphatic rings. The standard InChI is InChI=1S/C9H11NO/c1-8-3-4-9(2,11-8)7(5-8)6-10/h3-4,7H,5H2,1-2H3/t7?,8-,9+/m0/s1. The fourth-order valence-corrected chi connectivity index (χ4v) is 1.99. The summed E-state index contributed by atoms with van der Waals surface area (Å²) >= 11 is 0. The Balaban J connectivity index is 2.39. The van der Waals surface area contributed by atoms with E-state index >= 15 is 0 Å². The highest BCUT2D eigenvalue weighted by Gasteiger charge is 2.53. The van der Waals surface area contributed by atoms with Gasteiger partial charge in [0.15, 0.2) is 0 Å². The van der Waals surface area contributed by atoms with Gasteiger partial charge in [0, 0.05) is 0 Å². The molecule has 2 rings (SSSR count). The summed E-state index contributed by atoms with van der Waals surface area (Å²) in [6, 6.07) is 2.28. The Morgan fingerprint density at radius 1 is 1.55 bits per heavy atom. The second-order valence-electron chi connectivity index (χ2n) is 3.82. The summed E-state index contributed by atoms with van der Waals surface area (Å²) in [5.74, 6) is 0.0394. The van der Waals surface area contributed by atoms with Gasteiger partial charge in [0.25, 0.3) is 0 Å². The molecule has 1 unspecified atom stereocenters. The lowest BCUT2D eigenvalue weighted by Gasteiger charge is -2.19. The summed E-state index contributed by atoms with van der Waals surface area (Å²) in [4.78, 5) is 0. The van der Waals surface area contributed by atoms with Crippen molar-refractivity contribution >= 4 is 0 Å². The lowest BCUT2D eigenvalue weighted by molar-refractivity contribution is -0.0162. The van der Waals surface area contributed by atoms with Crippen LogP contribution in [0.15, 0.2) is 12.2 Å². The summed E-state index contributed by atoms with van der Waals surface area (Å²) in [7, 11) is 0. The predicted octanol–water partition coefficient (Wildman–Crippen LogP) is 1.63. The minimum absolute atomic E-state index is 0.0394. The van der Waals surface area contributed by atoms with Crippen LogP contribution in [0.1, 0.15) is 20.3 Å². The lowest BCUT2D eigenvalue weighted by Crippen LogP contribution is -2.26. The zero-order valence-corrected chi connectivity index (χ0v) is 6.79. The minimum Gasteiger partial charge on any atom is -0.360 e. The van der Waals surface area contributed by atoms with Gasteiger partial charge < -0.3 is 4.74 Å². The highest BCUT2D eigenvalue weighted by molar-refractivity contribution is 5.27. The van der Waals surface area contributed by atoms with E-state index in [0.29, 0.717) is 0 Å². The molecule has 2 nitrogen and oxygen atoms in total. The fraction of sp³-hybridized carbons (Fsp3) is 0.667. The molecule has 3 atom stereocenters. The fourth-order valence-electron chi connectivity index (χ4n) is 1.99. The third kappa shape index (κ3) is 0.749. The Morgan fingerprint density at radius 3 is 2.55 bits per heavy atom. The summed E-state index contributed by atoms with van der Waals surface area (Å²) in [5.41, 5.74) is -0.460. The SMILES string of the molecule is C[C@@]12C=C[C@@](C)(O1)C(C#N)C2. The molecule has 0 saturated carbocycles. The molecule has 1 saturated heterocycles. The number of nitrogens with zero attached hydrogens (tertiary/aromatic N) is 1. The van der Waals surface area contributed by atoms with Crippen molar-refractivity contribution in [1.29, 1.82) is 5.26 Å². The average Bonchev–Trinajstić information content (AvgIpc) is 2.36. The van der Waals surface area contributed by atoms with Crippen LogP contribution in [0.4, 0.5) is 0 Å². The number of nitriles is 1. The molecule has 58 valence electrons. The van der Waals surface area contributed by atoms with Crippen molar-refractivity contribution in [3.8, 4) is 6.07 Å². The van der Waals surface area contributed by atoms with E-state index in [1.54, 1.807) is 0 Å². The molecule has 2 bridgehead atoms. The van der Waals surface area contributed by atoms with E-state index in [1.807, 2.05) is 19.9 Å². The molecule has 2 heteroatoms. The van der Waals surface area contributed by atoms with Crippen LogP contribution >= 0.6 is 0 Å². The number of ether oxygens (including phenoxy) is 1. The number of hydrogen-bond donors (Lipinski definition) is 0. The molecule has 0 aromatic heterocycles. The second-order valence-corrected chi connectivity index (χ2v) is 3.82. The lowest BCUT2D eigenvalue weighted by atomic mass is 9.82. The molecule has 0 N–H and O–H groups in total. The summed E-state index contributed by atoms with van der Waals surface area (Å²) in [6.07, 6.45) is 4.93. The van der Waals surface area contributed by atoms with E-state index in [1.165, 1.54) is 0 Å². The van der Waals surface area contributed by atoms with Crippen LogP contribution in [0.5, 0.6) is 0 Å². The van der Waals surface area contributed by atoms with Crippen molar-refractivity contribution in [2.75, 3.05) is 0 Å². The summed E-state index contributed by atoms with van der Waals surface area (Å²) in [6.45, 7) is 4.02. The van der Waals surface area contributed by atoms with Crippen molar-refractivity contribution in [3.05, 3.63) is 12.2 Å². The molecule has 0 aromatic carbocycles.